The lowest BCUT2D eigenvalue weighted by Crippen LogP contribution is -2.64. The van der Waals surface area contributed by atoms with Gasteiger partial charge in [0.2, 0.25) is 5.88 Å². The van der Waals surface area contributed by atoms with Crippen LogP contribution in [0.5, 0.6) is 11.6 Å². The summed E-state index contributed by atoms with van der Waals surface area (Å²) in [6.07, 6.45) is 4.59. The molecule has 6 heterocycles. The molecule has 0 bridgehead atoms. The van der Waals surface area contributed by atoms with E-state index in [9.17, 15) is 0 Å². The van der Waals surface area contributed by atoms with E-state index in [1.807, 2.05) is 0 Å². The number of pyridine rings is 2. The fourth-order valence-corrected chi connectivity index (χ4v) is 15.2. The van der Waals surface area contributed by atoms with Gasteiger partial charge in [0.05, 0.1) is 11.4 Å². The predicted molar refractivity (Wildman–Crippen MR) is 343 cm³/mol. The average Bonchev–Trinajstić information content (AvgIpc) is 1.16. The van der Waals surface area contributed by atoms with Crippen molar-refractivity contribution in [2.75, 3.05) is 14.7 Å². The van der Waals surface area contributed by atoms with Crippen LogP contribution >= 0.6 is 0 Å². The number of fused-ring (bicyclic) bond motifs is 10. The Bertz CT molecular complexity index is 4300. The highest BCUT2D eigenvalue weighted by atomic mass is 16.5. The SMILES string of the molecule is CC1(C)CCC(C)(C)c2cc(-c3cc4c5c(n3)Oc3ccccc3B5c3cc5c(cc3N4c3ccccc3)N(c3ccccc3)c3cc(-c4ccc6c(c4)C(C)(C)CCC6(C)C)nc4c3B5c3ccccc3N4c3ccccc3)ccc21. The summed E-state index contributed by atoms with van der Waals surface area (Å²) in [5.41, 5.74) is 26.0. The fraction of sp³-hybridized carbons (Fsp3) is 0.216. The number of anilines is 9. The zero-order valence-corrected chi connectivity index (χ0v) is 48.2. The van der Waals surface area contributed by atoms with E-state index in [0.717, 1.165) is 116 Å². The molecule has 2 aliphatic carbocycles. The molecular formula is C74H65B2N5O. The van der Waals surface area contributed by atoms with Crippen molar-refractivity contribution in [2.45, 2.75) is 103 Å². The molecule has 16 rings (SSSR count). The Kier molecular flexibility index (Phi) is 10.5. The molecule has 6 aliphatic rings. The van der Waals surface area contributed by atoms with Crippen molar-refractivity contribution in [2.24, 2.45) is 0 Å². The van der Waals surface area contributed by atoms with Gasteiger partial charge in [-0.3, -0.25) is 4.90 Å². The van der Waals surface area contributed by atoms with Crippen molar-refractivity contribution in [3.8, 4) is 34.1 Å². The number of rotatable bonds is 5. The van der Waals surface area contributed by atoms with Crippen LogP contribution in [0.4, 0.5) is 51.3 Å². The lowest BCUT2D eigenvalue weighted by Gasteiger charge is -2.46. The molecule has 2 aromatic heterocycles. The summed E-state index contributed by atoms with van der Waals surface area (Å²) in [5, 5.41) is 0. The molecule has 10 aromatic rings. The molecular weight excluding hydrogens is 996 g/mol. The van der Waals surface area contributed by atoms with E-state index in [0.29, 0.717) is 5.88 Å². The second kappa shape index (κ2) is 17.5. The monoisotopic (exact) mass is 1060 g/mol. The van der Waals surface area contributed by atoms with E-state index in [1.165, 1.54) is 44.1 Å². The van der Waals surface area contributed by atoms with Crippen LogP contribution in [0.25, 0.3) is 22.5 Å². The third kappa shape index (κ3) is 7.22. The second-order valence-corrected chi connectivity index (χ2v) is 26.6. The third-order valence-electron chi connectivity index (χ3n) is 19.8. The van der Waals surface area contributed by atoms with Gasteiger partial charge in [-0.15, -0.1) is 0 Å². The Morgan fingerprint density at radius 2 is 0.793 bits per heavy atom. The molecule has 8 aromatic carbocycles. The highest BCUT2D eigenvalue weighted by molar-refractivity contribution is 7.02. The molecule has 0 spiro atoms. The standard InChI is InChI=1S/C74H65B2N5O/c1-71(2)36-38-73(5,6)53-40-46(32-34-51(53)71)59-43-64-67-69(77-59)81(50-26-16-11-17-27-50)61-30-20-18-28-55(61)75(67)57-42-58-63(45-62(57)79(64)48-22-12-9-13-23-48)80(49-24-14-10-15-25-49)65-44-60(78-70-68(65)76(58)56-29-19-21-31-66(56)82-70)47-33-35-52-54(41-47)74(7,8)39-37-72(52,3)4/h9-35,40-45H,36-39H2,1-8H3. The first-order valence-electron chi connectivity index (χ1n) is 29.6. The van der Waals surface area contributed by atoms with E-state index in [1.54, 1.807) is 0 Å². The number of aromatic nitrogens is 2. The molecule has 398 valence electrons. The maximum absolute atomic E-state index is 7.11. The van der Waals surface area contributed by atoms with Crippen LogP contribution in [0.3, 0.4) is 0 Å². The van der Waals surface area contributed by atoms with Crippen molar-refractivity contribution < 1.29 is 4.74 Å². The summed E-state index contributed by atoms with van der Waals surface area (Å²) in [6, 6.07) is 74.7. The minimum absolute atomic E-state index is 0.0258. The lowest BCUT2D eigenvalue weighted by atomic mass is 9.30. The molecule has 0 atom stereocenters. The Morgan fingerprint density at radius 1 is 0.354 bits per heavy atom. The number of ether oxygens (including phenoxy) is 1. The molecule has 0 saturated heterocycles. The highest BCUT2D eigenvalue weighted by Crippen LogP contribution is 2.52. The maximum Gasteiger partial charge on any atom is 0.258 e. The van der Waals surface area contributed by atoms with Crippen molar-refractivity contribution >= 4 is 97.5 Å². The maximum atomic E-state index is 7.11. The van der Waals surface area contributed by atoms with Gasteiger partial charge in [-0.2, -0.15) is 0 Å². The topological polar surface area (TPSA) is 44.7 Å². The quantitative estimate of drug-likeness (QED) is 0.160. The third-order valence-corrected chi connectivity index (χ3v) is 19.8. The predicted octanol–water partition coefficient (Wildman–Crippen LogP) is 15.0. The molecule has 0 amide bonds. The molecule has 4 aliphatic heterocycles. The molecule has 0 N–H and O–H groups in total. The minimum atomic E-state index is -0.176. The van der Waals surface area contributed by atoms with Crippen molar-refractivity contribution in [3.63, 3.8) is 0 Å². The zero-order valence-electron chi connectivity index (χ0n) is 48.2. The second-order valence-electron chi connectivity index (χ2n) is 26.6. The van der Waals surface area contributed by atoms with Crippen LogP contribution in [0.1, 0.15) is 103 Å². The molecule has 0 saturated carbocycles. The average molecular weight is 1060 g/mol. The van der Waals surface area contributed by atoms with Crippen LogP contribution in [-0.2, 0) is 21.7 Å². The van der Waals surface area contributed by atoms with Crippen molar-refractivity contribution in [1.82, 2.24) is 9.97 Å². The molecule has 6 nitrogen and oxygen atoms in total. The number of hydrogen-bond donors (Lipinski definition) is 0. The number of benzene rings is 8. The van der Waals surface area contributed by atoms with Crippen LogP contribution in [0.2, 0.25) is 0 Å². The highest BCUT2D eigenvalue weighted by Gasteiger charge is 2.49. The van der Waals surface area contributed by atoms with E-state index in [2.05, 4.69) is 270 Å². The van der Waals surface area contributed by atoms with Crippen LogP contribution < -0.4 is 52.2 Å². The first-order valence-corrected chi connectivity index (χ1v) is 29.6. The molecule has 82 heavy (non-hydrogen) atoms. The summed E-state index contributed by atoms with van der Waals surface area (Å²) in [6.45, 7) is 18.9. The van der Waals surface area contributed by atoms with Gasteiger partial charge in [-0.1, -0.05) is 177 Å². The van der Waals surface area contributed by atoms with Gasteiger partial charge >= 0.3 is 0 Å². The Hall–Kier alpha value is -8.61. The fourth-order valence-electron chi connectivity index (χ4n) is 15.2. The van der Waals surface area contributed by atoms with Gasteiger partial charge < -0.3 is 14.5 Å². The van der Waals surface area contributed by atoms with E-state index < -0.39 is 0 Å². The normalized spacial score (nSPS) is 17.4. The lowest BCUT2D eigenvalue weighted by molar-refractivity contribution is 0.332. The smallest absolute Gasteiger partial charge is 0.258 e. The summed E-state index contributed by atoms with van der Waals surface area (Å²) in [7, 11) is 0. The Labute approximate surface area is 483 Å². The number of para-hydroxylation sites is 5. The van der Waals surface area contributed by atoms with E-state index in [4.69, 9.17) is 14.7 Å². The minimum Gasteiger partial charge on any atom is -0.440 e. The first-order chi connectivity index (χ1) is 39.6. The summed E-state index contributed by atoms with van der Waals surface area (Å²) >= 11 is 0. The van der Waals surface area contributed by atoms with E-state index >= 15 is 0 Å². The molecule has 0 fully saturated rings. The van der Waals surface area contributed by atoms with Gasteiger partial charge in [0.1, 0.15) is 11.6 Å². The molecule has 8 heteroatoms. The van der Waals surface area contributed by atoms with Gasteiger partial charge in [0.25, 0.3) is 13.4 Å². The zero-order chi connectivity index (χ0) is 55.6. The number of nitrogens with zero attached hydrogens (tertiary/aromatic N) is 5. The van der Waals surface area contributed by atoms with Crippen LogP contribution in [0, 0.1) is 0 Å². The van der Waals surface area contributed by atoms with E-state index in [-0.39, 0.29) is 35.1 Å². The van der Waals surface area contributed by atoms with Gasteiger partial charge in [-0.25, -0.2) is 9.97 Å². The molecule has 0 radical (unpaired) electrons. The van der Waals surface area contributed by atoms with Crippen molar-refractivity contribution in [1.29, 1.82) is 0 Å². The van der Waals surface area contributed by atoms with Crippen LogP contribution in [0.15, 0.2) is 200 Å². The van der Waals surface area contributed by atoms with Gasteiger partial charge in [0, 0.05) is 62.1 Å². The largest absolute Gasteiger partial charge is 0.440 e. The Morgan fingerprint density at radius 3 is 1.34 bits per heavy atom. The summed E-state index contributed by atoms with van der Waals surface area (Å²) < 4.78 is 7.11. The van der Waals surface area contributed by atoms with Gasteiger partial charge in [-0.05, 0) is 176 Å². The summed E-state index contributed by atoms with van der Waals surface area (Å²) in [4.78, 5) is 19.0. The van der Waals surface area contributed by atoms with Gasteiger partial charge in [0.15, 0.2) is 0 Å². The van der Waals surface area contributed by atoms with Crippen molar-refractivity contribution in [3.05, 3.63) is 222 Å². The van der Waals surface area contributed by atoms with Crippen LogP contribution in [-0.4, -0.2) is 23.4 Å². The summed E-state index contributed by atoms with van der Waals surface area (Å²) in [5.74, 6) is 2.44. The Balaban J connectivity index is 0.987. The molecule has 0 unspecified atom stereocenters. The number of hydrogen-bond acceptors (Lipinski definition) is 6. The first kappa shape index (κ1) is 49.2.